The predicted molar refractivity (Wildman–Crippen MR) is 149 cm³/mol. The fraction of sp³-hybridized carbons (Fsp3) is 0.556. The van der Waals surface area contributed by atoms with Gasteiger partial charge in [0.15, 0.2) is 5.82 Å². The number of amides is 1. The molecule has 1 atom stereocenters. The molecule has 230 valence electrons. The van der Waals surface area contributed by atoms with Crippen LogP contribution in [0.25, 0.3) is 5.82 Å². The molecule has 3 aromatic rings. The first-order valence-corrected chi connectivity index (χ1v) is 14.9. The number of nitrogens with zero attached hydrogens (tertiary/aromatic N) is 5. The molecule has 0 radical (unpaired) electrons. The van der Waals surface area contributed by atoms with Gasteiger partial charge in [0.05, 0.1) is 22.9 Å². The molecule has 1 saturated heterocycles. The normalized spacial score (nSPS) is 17.6. The Labute approximate surface area is 242 Å². The van der Waals surface area contributed by atoms with Crippen molar-refractivity contribution in [1.82, 2.24) is 29.7 Å². The van der Waals surface area contributed by atoms with Gasteiger partial charge in [-0.2, -0.15) is 18.3 Å². The Bertz CT molecular complexity index is 1560. The maximum Gasteiger partial charge on any atom is 0.397 e. The zero-order valence-corrected chi connectivity index (χ0v) is 25.4. The summed E-state index contributed by atoms with van der Waals surface area (Å²) in [7, 11) is -4.23. The number of rotatable bonds is 9. The minimum Gasteiger partial charge on any atom is -0.476 e. The second-order valence-electron chi connectivity index (χ2n) is 12.2. The Morgan fingerprint density at radius 2 is 1.93 bits per heavy atom. The van der Waals surface area contributed by atoms with Gasteiger partial charge >= 0.3 is 6.18 Å². The van der Waals surface area contributed by atoms with E-state index >= 15 is 0 Å². The molecule has 0 bridgehead atoms. The summed E-state index contributed by atoms with van der Waals surface area (Å²) in [5, 5.41) is 10.5. The topological polar surface area (TPSA) is 135 Å². The lowest BCUT2D eigenvalue weighted by atomic mass is 9.89. The van der Waals surface area contributed by atoms with E-state index in [9.17, 15) is 26.4 Å². The molecule has 0 aliphatic carbocycles. The van der Waals surface area contributed by atoms with E-state index < -0.39 is 39.7 Å². The largest absolute Gasteiger partial charge is 0.476 e. The highest BCUT2D eigenvalue weighted by Crippen LogP contribution is 2.41. The lowest BCUT2D eigenvalue weighted by Gasteiger charge is -2.34. The maximum absolute atomic E-state index is 13.5. The van der Waals surface area contributed by atoms with Crippen molar-refractivity contribution in [2.24, 2.45) is 17.3 Å². The van der Waals surface area contributed by atoms with Crippen LogP contribution in [0.3, 0.4) is 0 Å². The van der Waals surface area contributed by atoms with Gasteiger partial charge in [-0.3, -0.25) is 9.89 Å². The minimum atomic E-state index is -4.46. The van der Waals surface area contributed by atoms with Gasteiger partial charge in [0, 0.05) is 24.3 Å². The van der Waals surface area contributed by atoms with Crippen molar-refractivity contribution in [1.29, 1.82) is 0 Å². The van der Waals surface area contributed by atoms with Crippen LogP contribution in [-0.2, 0) is 10.0 Å². The minimum absolute atomic E-state index is 0.0274. The third-order valence-electron chi connectivity index (χ3n) is 7.66. The standard InChI is InChI=1S/C27H36F3N7O4S/c1-16(2)18-12-26(6,7)36(14-18)23-19(24(38)35-42(39,40)20-13-31-33-17(20)3)8-9-21(32-23)37-11-10-22(34-37)41-15-25(4,5)27(28,29)30/h8-11,13,16,18H,12,14-15H2,1-7H3,(H,31,33)(H,35,38)/t18-/m0/s1. The Kier molecular flexibility index (Phi) is 8.13. The van der Waals surface area contributed by atoms with Crippen LogP contribution in [0.1, 0.15) is 64.0 Å². The molecule has 1 fully saturated rings. The van der Waals surface area contributed by atoms with Gasteiger partial charge in [-0.1, -0.05) is 13.8 Å². The van der Waals surface area contributed by atoms with E-state index in [1.54, 1.807) is 0 Å². The molecule has 0 aromatic carbocycles. The van der Waals surface area contributed by atoms with Crippen molar-refractivity contribution in [2.75, 3.05) is 18.1 Å². The molecule has 1 aliphatic heterocycles. The molecule has 0 saturated carbocycles. The molecule has 11 nitrogen and oxygen atoms in total. The number of alkyl halides is 3. The Hall–Kier alpha value is -3.62. The van der Waals surface area contributed by atoms with Crippen molar-refractivity contribution in [2.45, 2.75) is 71.5 Å². The van der Waals surface area contributed by atoms with E-state index in [-0.39, 0.29) is 33.7 Å². The van der Waals surface area contributed by atoms with Crippen LogP contribution < -0.4 is 14.4 Å². The molecule has 3 aromatic heterocycles. The summed E-state index contributed by atoms with van der Waals surface area (Å²) < 4.78 is 74.5. The zero-order chi connectivity index (χ0) is 31.3. The average molecular weight is 612 g/mol. The molecule has 1 amide bonds. The summed E-state index contributed by atoms with van der Waals surface area (Å²) in [4.78, 5) is 20.0. The number of anilines is 1. The molecule has 2 N–H and O–H groups in total. The smallest absolute Gasteiger partial charge is 0.397 e. The lowest BCUT2D eigenvalue weighted by Crippen LogP contribution is -2.41. The van der Waals surface area contributed by atoms with Crippen molar-refractivity contribution in [3.05, 3.63) is 41.9 Å². The first-order valence-electron chi connectivity index (χ1n) is 13.4. The number of aromatic nitrogens is 5. The van der Waals surface area contributed by atoms with E-state index in [0.717, 1.165) is 26.5 Å². The highest BCUT2D eigenvalue weighted by atomic mass is 32.2. The number of nitrogens with one attached hydrogen (secondary N) is 2. The fourth-order valence-electron chi connectivity index (χ4n) is 4.76. The first kappa shape index (κ1) is 31.3. The number of ether oxygens (including phenoxy) is 1. The third-order valence-corrected chi connectivity index (χ3v) is 9.11. The van der Waals surface area contributed by atoms with Gasteiger partial charge in [0.25, 0.3) is 15.9 Å². The van der Waals surface area contributed by atoms with Gasteiger partial charge in [-0.15, -0.1) is 5.10 Å². The van der Waals surface area contributed by atoms with Crippen LogP contribution >= 0.6 is 0 Å². The molecule has 15 heteroatoms. The SMILES string of the molecule is Cc1[nH]ncc1S(=O)(=O)NC(=O)c1ccc(-n2ccc(OCC(C)(C)C(F)(F)F)n2)nc1N1C[C@@H](C(C)C)CC1(C)C. The maximum atomic E-state index is 13.5. The van der Waals surface area contributed by atoms with Gasteiger partial charge in [-0.25, -0.2) is 22.8 Å². The third kappa shape index (κ3) is 6.25. The van der Waals surface area contributed by atoms with Gasteiger partial charge in [-0.05, 0) is 65.0 Å². The van der Waals surface area contributed by atoms with Gasteiger partial charge in [0.1, 0.15) is 17.3 Å². The van der Waals surface area contributed by atoms with Gasteiger partial charge in [0.2, 0.25) is 5.88 Å². The first-order chi connectivity index (χ1) is 19.3. The summed E-state index contributed by atoms with van der Waals surface area (Å²) in [6, 6.07) is 4.36. The van der Waals surface area contributed by atoms with E-state index in [1.807, 2.05) is 18.7 Å². The number of H-pyrrole nitrogens is 1. The highest BCUT2D eigenvalue weighted by Gasteiger charge is 2.48. The fourth-order valence-corrected chi connectivity index (χ4v) is 5.86. The lowest BCUT2D eigenvalue weighted by molar-refractivity contribution is -0.219. The molecular formula is C27H36F3N7O4S. The monoisotopic (exact) mass is 611 g/mol. The number of halogens is 3. The molecule has 4 rings (SSSR count). The second-order valence-corrected chi connectivity index (χ2v) is 13.9. The zero-order valence-electron chi connectivity index (χ0n) is 24.6. The van der Waals surface area contributed by atoms with Crippen molar-refractivity contribution < 1.29 is 31.1 Å². The number of hydrogen-bond acceptors (Lipinski definition) is 8. The number of sulfonamides is 1. The summed E-state index contributed by atoms with van der Waals surface area (Å²) in [5.74, 6) is 0.274. The number of hydrogen-bond donors (Lipinski definition) is 2. The van der Waals surface area contributed by atoms with Crippen LogP contribution in [0.4, 0.5) is 19.0 Å². The van der Waals surface area contributed by atoms with Crippen LogP contribution in [0.5, 0.6) is 5.88 Å². The van der Waals surface area contributed by atoms with E-state index in [4.69, 9.17) is 9.72 Å². The molecule has 42 heavy (non-hydrogen) atoms. The molecule has 0 unspecified atom stereocenters. The number of carbonyl (C=O) groups excluding carboxylic acids is 1. The Morgan fingerprint density at radius 3 is 2.50 bits per heavy atom. The highest BCUT2D eigenvalue weighted by molar-refractivity contribution is 7.90. The number of carbonyl (C=O) groups is 1. The van der Waals surface area contributed by atoms with Crippen LogP contribution in [0.2, 0.25) is 0 Å². The average Bonchev–Trinajstić information content (AvgIpc) is 3.60. The Morgan fingerprint density at radius 1 is 1.24 bits per heavy atom. The van der Waals surface area contributed by atoms with Crippen LogP contribution in [0, 0.1) is 24.2 Å². The summed E-state index contributed by atoms with van der Waals surface area (Å²) in [6.45, 7) is 11.8. The van der Waals surface area contributed by atoms with E-state index in [0.29, 0.717) is 18.4 Å². The summed E-state index contributed by atoms with van der Waals surface area (Å²) in [5.41, 5.74) is -2.19. The van der Waals surface area contributed by atoms with E-state index in [2.05, 4.69) is 33.9 Å². The quantitative estimate of drug-likeness (QED) is 0.357. The summed E-state index contributed by atoms with van der Waals surface area (Å²) >= 11 is 0. The molecule has 1 aliphatic rings. The second kappa shape index (κ2) is 10.9. The number of pyridine rings is 1. The van der Waals surface area contributed by atoms with Crippen molar-refractivity contribution in [3.63, 3.8) is 0 Å². The van der Waals surface area contributed by atoms with Crippen molar-refractivity contribution >= 4 is 21.7 Å². The summed E-state index contributed by atoms with van der Waals surface area (Å²) in [6.07, 6.45) is -1.03. The van der Waals surface area contributed by atoms with E-state index in [1.165, 1.54) is 36.0 Å². The van der Waals surface area contributed by atoms with Crippen LogP contribution in [-0.4, -0.2) is 64.2 Å². The predicted octanol–water partition coefficient (Wildman–Crippen LogP) is 4.65. The van der Waals surface area contributed by atoms with Gasteiger partial charge < -0.3 is 9.64 Å². The number of aryl methyl sites for hydroxylation is 1. The van der Waals surface area contributed by atoms with Crippen molar-refractivity contribution in [3.8, 4) is 11.7 Å². The van der Waals surface area contributed by atoms with Crippen LogP contribution in [0.15, 0.2) is 35.5 Å². The Balaban J connectivity index is 1.70. The molecule has 0 spiro atoms. The molecule has 4 heterocycles. The number of aromatic amines is 1. The molecular weight excluding hydrogens is 575 g/mol.